The number of H-pyrrole nitrogens is 2. The molecule has 0 aliphatic heterocycles. The van der Waals surface area contributed by atoms with Crippen molar-refractivity contribution in [2.75, 3.05) is 0 Å². The Morgan fingerprint density at radius 1 is 0.405 bits per heavy atom. The van der Waals surface area contributed by atoms with Gasteiger partial charge in [0.15, 0.2) is 0 Å². The van der Waals surface area contributed by atoms with Gasteiger partial charge in [0.2, 0.25) is 0 Å². The van der Waals surface area contributed by atoms with Gasteiger partial charge in [-0.1, -0.05) is 121 Å². The monoisotopic (exact) mass is 478 g/mol. The Morgan fingerprint density at radius 3 is 1.03 bits per heavy atom. The van der Waals surface area contributed by atoms with Crippen LogP contribution in [0.5, 0.6) is 0 Å². The van der Waals surface area contributed by atoms with Crippen LogP contribution in [-0.2, 0) is 5.41 Å². The molecule has 2 nitrogen and oxygen atoms in total. The number of aromatic amines is 2. The van der Waals surface area contributed by atoms with Gasteiger partial charge in [-0.05, 0) is 36.1 Å². The average Bonchev–Trinajstić information content (AvgIpc) is 3.61. The van der Waals surface area contributed by atoms with E-state index in [1.807, 2.05) is 0 Å². The molecule has 0 bridgehead atoms. The molecular weight excluding hydrogens is 448 g/mol. The SMILES string of the molecule is CC(C)(c1[nH]cc(-c2ccccc2)c1-c1ccccc1)c1[nH]cc(-c2ccccc2)c1-c1ccccc1. The largest absolute Gasteiger partial charge is 0.363 e. The molecule has 4 aromatic carbocycles. The van der Waals surface area contributed by atoms with Crippen LogP contribution in [-0.4, -0.2) is 9.97 Å². The zero-order valence-corrected chi connectivity index (χ0v) is 21.2. The summed E-state index contributed by atoms with van der Waals surface area (Å²) in [5.41, 5.74) is 11.8. The summed E-state index contributed by atoms with van der Waals surface area (Å²) in [5.74, 6) is 0. The molecule has 6 rings (SSSR count). The first kappa shape index (κ1) is 22.9. The van der Waals surface area contributed by atoms with Gasteiger partial charge < -0.3 is 9.97 Å². The first-order valence-corrected chi connectivity index (χ1v) is 12.8. The van der Waals surface area contributed by atoms with E-state index in [0.717, 1.165) is 0 Å². The minimum atomic E-state index is -0.337. The van der Waals surface area contributed by atoms with E-state index < -0.39 is 0 Å². The third-order valence-electron chi connectivity index (χ3n) is 7.30. The molecule has 0 aliphatic rings. The summed E-state index contributed by atoms with van der Waals surface area (Å²) in [6, 6.07) is 42.7. The molecule has 0 unspecified atom stereocenters. The molecule has 0 saturated heterocycles. The number of nitrogens with one attached hydrogen (secondary N) is 2. The fraction of sp³-hybridized carbons (Fsp3) is 0.0857. The van der Waals surface area contributed by atoms with E-state index >= 15 is 0 Å². The Kier molecular flexibility index (Phi) is 5.86. The second-order valence-electron chi connectivity index (χ2n) is 9.99. The number of aromatic nitrogens is 2. The summed E-state index contributed by atoms with van der Waals surface area (Å²) < 4.78 is 0. The first-order chi connectivity index (χ1) is 18.1. The van der Waals surface area contributed by atoms with E-state index in [0.29, 0.717) is 0 Å². The Bertz CT molecular complexity index is 1480. The van der Waals surface area contributed by atoms with Gasteiger partial charge in [-0.25, -0.2) is 0 Å². The van der Waals surface area contributed by atoms with E-state index in [2.05, 4.69) is 158 Å². The van der Waals surface area contributed by atoms with Crippen LogP contribution >= 0.6 is 0 Å². The summed E-state index contributed by atoms with van der Waals surface area (Å²) in [6.07, 6.45) is 4.33. The van der Waals surface area contributed by atoms with Crippen molar-refractivity contribution in [1.29, 1.82) is 0 Å². The fourth-order valence-corrected chi connectivity index (χ4v) is 5.46. The minimum absolute atomic E-state index is 0.337. The highest BCUT2D eigenvalue weighted by atomic mass is 14.8. The van der Waals surface area contributed by atoms with Crippen LogP contribution in [0.25, 0.3) is 44.5 Å². The highest BCUT2D eigenvalue weighted by Crippen LogP contribution is 2.47. The van der Waals surface area contributed by atoms with Crippen LogP contribution in [0, 0.1) is 0 Å². The Morgan fingerprint density at radius 2 is 0.703 bits per heavy atom. The first-order valence-electron chi connectivity index (χ1n) is 12.8. The maximum absolute atomic E-state index is 3.72. The predicted octanol–water partition coefficient (Wildman–Crippen LogP) is 9.34. The van der Waals surface area contributed by atoms with Crippen molar-refractivity contribution in [2.24, 2.45) is 0 Å². The van der Waals surface area contributed by atoms with Gasteiger partial charge >= 0.3 is 0 Å². The second kappa shape index (κ2) is 9.48. The zero-order valence-electron chi connectivity index (χ0n) is 21.2. The lowest BCUT2D eigenvalue weighted by Gasteiger charge is -2.27. The van der Waals surface area contributed by atoms with Crippen molar-refractivity contribution in [3.8, 4) is 44.5 Å². The van der Waals surface area contributed by atoms with Crippen molar-refractivity contribution in [3.05, 3.63) is 145 Å². The molecule has 180 valence electrons. The summed E-state index contributed by atoms with van der Waals surface area (Å²) in [6.45, 7) is 4.63. The molecule has 37 heavy (non-hydrogen) atoms. The molecule has 0 fully saturated rings. The van der Waals surface area contributed by atoms with Crippen LogP contribution < -0.4 is 0 Å². The molecule has 2 aromatic heterocycles. The van der Waals surface area contributed by atoms with Gasteiger partial charge in [0.1, 0.15) is 0 Å². The number of benzene rings is 4. The maximum atomic E-state index is 3.72. The van der Waals surface area contributed by atoms with Crippen molar-refractivity contribution in [2.45, 2.75) is 19.3 Å². The third-order valence-corrected chi connectivity index (χ3v) is 7.30. The van der Waals surface area contributed by atoms with Gasteiger partial charge in [0, 0.05) is 51.5 Å². The second-order valence-corrected chi connectivity index (χ2v) is 9.99. The molecule has 0 spiro atoms. The number of hydrogen-bond donors (Lipinski definition) is 2. The fourth-order valence-electron chi connectivity index (χ4n) is 5.46. The lowest BCUT2D eigenvalue weighted by atomic mass is 9.77. The maximum Gasteiger partial charge on any atom is 0.0460 e. The smallest absolute Gasteiger partial charge is 0.0460 e. The van der Waals surface area contributed by atoms with Crippen molar-refractivity contribution in [1.82, 2.24) is 9.97 Å². The molecular formula is C35H30N2. The van der Waals surface area contributed by atoms with E-state index in [1.54, 1.807) is 0 Å². The van der Waals surface area contributed by atoms with Gasteiger partial charge in [0.25, 0.3) is 0 Å². The van der Waals surface area contributed by atoms with Crippen molar-refractivity contribution < 1.29 is 0 Å². The van der Waals surface area contributed by atoms with E-state index in [1.165, 1.54) is 55.9 Å². The topological polar surface area (TPSA) is 31.6 Å². The van der Waals surface area contributed by atoms with E-state index in [-0.39, 0.29) is 5.41 Å². The van der Waals surface area contributed by atoms with Crippen LogP contribution in [0.15, 0.2) is 134 Å². The number of hydrogen-bond acceptors (Lipinski definition) is 0. The highest BCUT2D eigenvalue weighted by Gasteiger charge is 2.34. The van der Waals surface area contributed by atoms with E-state index in [9.17, 15) is 0 Å². The Hall–Kier alpha value is -4.56. The zero-order chi connectivity index (χ0) is 25.2. The normalized spacial score (nSPS) is 11.5. The van der Waals surface area contributed by atoms with Crippen molar-refractivity contribution >= 4 is 0 Å². The summed E-state index contributed by atoms with van der Waals surface area (Å²) in [5, 5.41) is 0. The average molecular weight is 479 g/mol. The highest BCUT2D eigenvalue weighted by molar-refractivity contribution is 5.89. The summed E-state index contributed by atoms with van der Waals surface area (Å²) in [4.78, 5) is 7.44. The van der Waals surface area contributed by atoms with Gasteiger partial charge in [-0.15, -0.1) is 0 Å². The molecule has 2 heterocycles. The van der Waals surface area contributed by atoms with Gasteiger partial charge in [-0.3, -0.25) is 0 Å². The standard InChI is InChI=1S/C35H30N2/c1-35(2,33-31(27-19-11-5-12-20-27)29(23-36-33)25-15-7-3-8-16-25)34-32(28-21-13-6-14-22-28)30(24-37-34)26-17-9-4-10-18-26/h3-24,36-37H,1-2H3. The van der Waals surface area contributed by atoms with Crippen LogP contribution in [0.3, 0.4) is 0 Å². The molecule has 0 radical (unpaired) electrons. The molecule has 0 aliphatic carbocycles. The Balaban J connectivity index is 1.59. The molecule has 0 amide bonds. The predicted molar refractivity (Wildman–Crippen MR) is 155 cm³/mol. The van der Waals surface area contributed by atoms with Crippen LogP contribution in [0.1, 0.15) is 25.2 Å². The third kappa shape index (κ3) is 4.11. The molecule has 2 heteroatoms. The lowest BCUT2D eigenvalue weighted by Crippen LogP contribution is -2.22. The van der Waals surface area contributed by atoms with Gasteiger partial charge in [0.05, 0.1) is 0 Å². The van der Waals surface area contributed by atoms with Crippen LogP contribution in [0.4, 0.5) is 0 Å². The molecule has 6 aromatic rings. The molecule has 0 saturated carbocycles. The van der Waals surface area contributed by atoms with Crippen molar-refractivity contribution in [3.63, 3.8) is 0 Å². The van der Waals surface area contributed by atoms with E-state index in [4.69, 9.17) is 0 Å². The quantitative estimate of drug-likeness (QED) is 0.239. The number of rotatable bonds is 6. The Labute approximate surface area is 218 Å². The van der Waals surface area contributed by atoms with Gasteiger partial charge in [-0.2, -0.15) is 0 Å². The minimum Gasteiger partial charge on any atom is -0.363 e. The summed E-state index contributed by atoms with van der Waals surface area (Å²) in [7, 11) is 0. The summed E-state index contributed by atoms with van der Waals surface area (Å²) >= 11 is 0. The molecule has 0 atom stereocenters. The lowest BCUT2D eigenvalue weighted by molar-refractivity contribution is 0.607. The molecule has 2 N–H and O–H groups in total. The van der Waals surface area contributed by atoms with Crippen LogP contribution in [0.2, 0.25) is 0 Å².